The first kappa shape index (κ1) is 22.7. The van der Waals surface area contributed by atoms with E-state index in [4.69, 9.17) is 15.6 Å². The number of benzene rings is 2. The van der Waals surface area contributed by atoms with E-state index in [9.17, 15) is 13.2 Å². The summed E-state index contributed by atoms with van der Waals surface area (Å²) in [5.74, 6) is -2.76. The first-order chi connectivity index (χ1) is 14.8. The number of halogens is 3. The summed E-state index contributed by atoms with van der Waals surface area (Å²) < 4.78 is 31.7. The Morgan fingerprint density at radius 3 is 2.52 bits per heavy atom. The predicted molar refractivity (Wildman–Crippen MR) is 113 cm³/mol. The molecule has 1 fully saturated rings. The van der Waals surface area contributed by atoms with Crippen LogP contribution in [0.4, 0.5) is 13.2 Å². The standard InChI is InChI=1S/C21H23N3.C2HF3O2/c22-13-19-4-2-12-24(19)15-16-6-8-17(9-7-16)20-5-1-3-18-14-23-11-10-21(18)20;3-2(4,5)1(6)7/h1,3,5-11,14,19H,2,4,12-13,15,22H2;(H,6,7). The number of alkyl halides is 3. The van der Waals surface area contributed by atoms with E-state index in [2.05, 4.69) is 58.4 Å². The lowest BCUT2D eigenvalue weighted by atomic mass is 9.98. The fourth-order valence-electron chi connectivity index (χ4n) is 3.77. The summed E-state index contributed by atoms with van der Waals surface area (Å²) in [5.41, 5.74) is 9.77. The van der Waals surface area contributed by atoms with Gasteiger partial charge in [-0.05, 0) is 47.5 Å². The average molecular weight is 431 g/mol. The van der Waals surface area contributed by atoms with Gasteiger partial charge in [0.2, 0.25) is 0 Å². The number of pyridine rings is 1. The van der Waals surface area contributed by atoms with Crippen LogP contribution >= 0.6 is 0 Å². The molecule has 0 spiro atoms. The van der Waals surface area contributed by atoms with Crippen LogP contribution in [0.1, 0.15) is 18.4 Å². The third-order valence-corrected chi connectivity index (χ3v) is 5.34. The number of likely N-dealkylation sites (tertiary alicyclic amines) is 1. The second-order valence-corrected chi connectivity index (χ2v) is 7.40. The summed E-state index contributed by atoms with van der Waals surface area (Å²) in [7, 11) is 0. The highest BCUT2D eigenvalue weighted by Gasteiger charge is 2.38. The van der Waals surface area contributed by atoms with E-state index in [1.165, 1.54) is 46.8 Å². The number of hydrogen-bond donors (Lipinski definition) is 2. The maximum Gasteiger partial charge on any atom is 0.490 e. The van der Waals surface area contributed by atoms with Crippen LogP contribution in [0, 0.1) is 0 Å². The molecule has 1 saturated heterocycles. The van der Waals surface area contributed by atoms with Gasteiger partial charge in [-0.2, -0.15) is 13.2 Å². The summed E-state index contributed by atoms with van der Waals surface area (Å²) in [6.07, 6.45) is 1.21. The van der Waals surface area contributed by atoms with Gasteiger partial charge in [0, 0.05) is 36.9 Å². The van der Waals surface area contributed by atoms with Gasteiger partial charge >= 0.3 is 12.1 Å². The van der Waals surface area contributed by atoms with Crippen molar-refractivity contribution in [3.8, 4) is 11.1 Å². The molecule has 0 aliphatic carbocycles. The van der Waals surface area contributed by atoms with Crippen LogP contribution in [0.2, 0.25) is 0 Å². The number of nitrogens with zero attached hydrogens (tertiary/aromatic N) is 2. The molecule has 1 aliphatic rings. The van der Waals surface area contributed by atoms with Crippen molar-refractivity contribution < 1.29 is 23.1 Å². The molecule has 3 aromatic rings. The third-order valence-electron chi connectivity index (χ3n) is 5.34. The Labute approximate surface area is 178 Å². The average Bonchev–Trinajstić information content (AvgIpc) is 3.21. The second kappa shape index (κ2) is 9.89. The molecular formula is C23H24F3N3O2. The fourth-order valence-corrected chi connectivity index (χ4v) is 3.77. The largest absolute Gasteiger partial charge is 0.490 e. The van der Waals surface area contributed by atoms with Gasteiger partial charge in [-0.1, -0.05) is 42.5 Å². The molecule has 4 rings (SSSR count). The molecule has 8 heteroatoms. The summed E-state index contributed by atoms with van der Waals surface area (Å²) in [5, 5.41) is 9.56. The summed E-state index contributed by atoms with van der Waals surface area (Å²) in [4.78, 5) is 15.6. The molecule has 5 nitrogen and oxygen atoms in total. The van der Waals surface area contributed by atoms with Crippen molar-refractivity contribution in [2.75, 3.05) is 13.1 Å². The fraction of sp³-hybridized carbons (Fsp3) is 0.304. The Balaban J connectivity index is 0.000000339. The quantitative estimate of drug-likeness (QED) is 0.638. The van der Waals surface area contributed by atoms with Gasteiger partial charge in [-0.25, -0.2) is 4.79 Å². The predicted octanol–water partition coefficient (Wildman–Crippen LogP) is 4.46. The molecule has 0 saturated carbocycles. The molecule has 2 aromatic carbocycles. The Bertz CT molecular complexity index is 1020. The Kier molecular flexibility index (Phi) is 7.25. The number of carboxylic acids is 1. The van der Waals surface area contributed by atoms with E-state index in [0.29, 0.717) is 6.04 Å². The lowest BCUT2D eigenvalue weighted by Gasteiger charge is -2.23. The van der Waals surface area contributed by atoms with E-state index in [1.807, 2.05) is 12.4 Å². The third kappa shape index (κ3) is 5.80. The Morgan fingerprint density at radius 1 is 1.16 bits per heavy atom. The van der Waals surface area contributed by atoms with Gasteiger partial charge in [0.1, 0.15) is 0 Å². The lowest BCUT2D eigenvalue weighted by molar-refractivity contribution is -0.192. The van der Waals surface area contributed by atoms with Gasteiger partial charge in [-0.15, -0.1) is 0 Å². The summed E-state index contributed by atoms with van der Waals surface area (Å²) in [6.45, 7) is 2.93. The number of fused-ring (bicyclic) bond motifs is 1. The second-order valence-electron chi connectivity index (χ2n) is 7.40. The zero-order valence-corrected chi connectivity index (χ0v) is 16.8. The number of aromatic nitrogens is 1. The molecule has 1 atom stereocenters. The van der Waals surface area contributed by atoms with Crippen LogP contribution in [0.3, 0.4) is 0 Å². The lowest BCUT2D eigenvalue weighted by Crippen LogP contribution is -2.34. The highest BCUT2D eigenvalue weighted by molar-refractivity contribution is 5.96. The van der Waals surface area contributed by atoms with Gasteiger partial charge in [0.25, 0.3) is 0 Å². The zero-order valence-electron chi connectivity index (χ0n) is 16.8. The molecule has 3 N–H and O–H groups in total. The van der Waals surface area contributed by atoms with E-state index in [-0.39, 0.29) is 0 Å². The normalized spacial score (nSPS) is 16.7. The van der Waals surface area contributed by atoms with Gasteiger partial charge in [-0.3, -0.25) is 9.88 Å². The highest BCUT2D eigenvalue weighted by atomic mass is 19.4. The van der Waals surface area contributed by atoms with Crippen molar-refractivity contribution in [3.05, 3.63) is 66.5 Å². The molecule has 0 radical (unpaired) electrons. The molecular weight excluding hydrogens is 407 g/mol. The van der Waals surface area contributed by atoms with E-state index < -0.39 is 12.1 Å². The first-order valence-electron chi connectivity index (χ1n) is 9.96. The van der Waals surface area contributed by atoms with E-state index >= 15 is 0 Å². The van der Waals surface area contributed by atoms with Crippen molar-refractivity contribution in [1.29, 1.82) is 0 Å². The number of carbonyl (C=O) groups is 1. The summed E-state index contributed by atoms with van der Waals surface area (Å²) in [6, 6.07) is 18.0. The maximum atomic E-state index is 10.6. The monoisotopic (exact) mass is 431 g/mol. The van der Waals surface area contributed by atoms with Crippen molar-refractivity contribution in [1.82, 2.24) is 9.88 Å². The van der Waals surface area contributed by atoms with E-state index in [1.54, 1.807) is 0 Å². The number of aliphatic carboxylic acids is 1. The van der Waals surface area contributed by atoms with Crippen LogP contribution in [0.5, 0.6) is 0 Å². The SMILES string of the molecule is NCC1CCCN1Cc1ccc(-c2cccc3cnccc23)cc1.O=C(O)C(F)(F)F. The number of nitrogens with two attached hydrogens (primary N) is 1. The molecule has 2 heterocycles. The van der Waals surface area contributed by atoms with Crippen molar-refractivity contribution in [3.63, 3.8) is 0 Å². The number of hydrogen-bond acceptors (Lipinski definition) is 4. The Hall–Kier alpha value is -2.97. The number of carboxylic acid groups (broad SMARTS) is 1. The zero-order chi connectivity index (χ0) is 22.4. The summed E-state index contributed by atoms with van der Waals surface area (Å²) >= 11 is 0. The van der Waals surface area contributed by atoms with E-state index in [0.717, 1.165) is 13.1 Å². The van der Waals surface area contributed by atoms with Crippen LogP contribution < -0.4 is 5.73 Å². The van der Waals surface area contributed by atoms with Crippen molar-refractivity contribution >= 4 is 16.7 Å². The van der Waals surface area contributed by atoms with Gasteiger partial charge in [0.05, 0.1) is 0 Å². The minimum Gasteiger partial charge on any atom is -0.475 e. The van der Waals surface area contributed by atoms with Crippen molar-refractivity contribution in [2.24, 2.45) is 5.73 Å². The van der Waals surface area contributed by atoms with Crippen molar-refractivity contribution in [2.45, 2.75) is 31.6 Å². The molecule has 1 aromatic heterocycles. The van der Waals surface area contributed by atoms with Crippen LogP contribution in [0.15, 0.2) is 60.9 Å². The van der Waals surface area contributed by atoms with Gasteiger partial charge < -0.3 is 10.8 Å². The van der Waals surface area contributed by atoms with Crippen LogP contribution in [0.25, 0.3) is 21.9 Å². The van der Waals surface area contributed by atoms with Crippen LogP contribution in [-0.2, 0) is 11.3 Å². The molecule has 164 valence electrons. The minimum absolute atomic E-state index is 0.551. The Morgan fingerprint density at radius 2 is 1.87 bits per heavy atom. The molecule has 31 heavy (non-hydrogen) atoms. The molecule has 1 unspecified atom stereocenters. The highest BCUT2D eigenvalue weighted by Crippen LogP contribution is 2.29. The minimum atomic E-state index is -5.08. The number of rotatable bonds is 4. The molecule has 1 aliphatic heterocycles. The smallest absolute Gasteiger partial charge is 0.475 e. The molecule has 0 amide bonds. The topological polar surface area (TPSA) is 79.5 Å². The maximum absolute atomic E-state index is 10.6. The van der Waals surface area contributed by atoms with Crippen LogP contribution in [-0.4, -0.2) is 46.3 Å². The first-order valence-corrected chi connectivity index (χ1v) is 9.96. The van der Waals surface area contributed by atoms with Gasteiger partial charge in [0.15, 0.2) is 0 Å². The molecule has 0 bridgehead atoms.